The number of aryl methyl sites for hydroxylation is 2. The van der Waals surface area contributed by atoms with Crippen LogP contribution in [0.3, 0.4) is 0 Å². The van der Waals surface area contributed by atoms with E-state index in [2.05, 4.69) is 5.32 Å². The molecule has 1 heterocycles. The first kappa shape index (κ1) is 16.9. The molecule has 5 nitrogen and oxygen atoms in total. The number of hydrogen-bond acceptors (Lipinski definition) is 4. The van der Waals surface area contributed by atoms with Gasteiger partial charge in [0.1, 0.15) is 17.1 Å². The largest absolute Gasteiger partial charge is 0.495 e. The summed E-state index contributed by atoms with van der Waals surface area (Å²) < 4.78 is 16.6. The maximum absolute atomic E-state index is 12.7. The minimum absolute atomic E-state index is 0.284. The minimum atomic E-state index is -0.310. The quantitative estimate of drug-likeness (QED) is 0.731. The van der Waals surface area contributed by atoms with Gasteiger partial charge in [0.2, 0.25) is 0 Å². The van der Waals surface area contributed by atoms with E-state index in [9.17, 15) is 4.79 Å². The Balaban J connectivity index is 1.95. The molecule has 130 valence electrons. The molecule has 1 amide bonds. The number of amides is 1. The lowest BCUT2D eigenvalue weighted by Gasteiger charge is -2.10. The topological polar surface area (TPSA) is 60.7 Å². The number of anilines is 1. The summed E-state index contributed by atoms with van der Waals surface area (Å²) >= 11 is 0. The Morgan fingerprint density at radius 2 is 1.96 bits per heavy atom. The van der Waals surface area contributed by atoms with Crippen LogP contribution in [0.25, 0.3) is 11.0 Å². The monoisotopic (exact) mass is 339 g/mol. The summed E-state index contributed by atoms with van der Waals surface area (Å²) in [5.41, 5.74) is 3.07. The minimum Gasteiger partial charge on any atom is -0.495 e. The molecule has 3 rings (SSSR count). The average Bonchev–Trinajstić information content (AvgIpc) is 2.92. The molecule has 0 fully saturated rings. The summed E-state index contributed by atoms with van der Waals surface area (Å²) in [6, 6.07) is 11.2. The van der Waals surface area contributed by atoms with Crippen LogP contribution in [0.5, 0.6) is 11.5 Å². The van der Waals surface area contributed by atoms with Crippen molar-refractivity contribution in [2.45, 2.75) is 20.8 Å². The van der Waals surface area contributed by atoms with E-state index in [-0.39, 0.29) is 11.7 Å². The maximum Gasteiger partial charge on any atom is 0.291 e. The van der Waals surface area contributed by atoms with Gasteiger partial charge in [-0.1, -0.05) is 6.07 Å². The highest BCUT2D eigenvalue weighted by Gasteiger charge is 2.19. The molecule has 0 bridgehead atoms. The molecule has 0 atom stereocenters. The van der Waals surface area contributed by atoms with E-state index in [0.29, 0.717) is 23.6 Å². The van der Waals surface area contributed by atoms with E-state index < -0.39 is 0 Å². The SMILES string of the molecule is CCOc1ccc2oc(C(=O)Nc3cc(C)ccc3OC)c(C)c2c1. The second-order valence-corrected chi connectivity index (χ2v) is 5.81. The van der Waals surface area contributed by atoms with Gasteiger partial charge >= 0.3 is 0 Å². The zero-order chi connectivity index (χ0) is 18.0. The molecule has 0 aliphatic carbocycles. The third-order valence-corrected chi connectivity index (χ3v) is 4.03. The van der Waals surface area contributed by atoms with Gasteiger partial charge in [0.25, 0.3) is 5.91 Å². The number of benzene rings is 2. The first-order valence-electron chi connectivity index (χ1n) is 8.15. The third-order valence-electron chi connectivity index (χ3n) is 4.03. The van der Waals surface area contributed by atoms with E-state index in [0.717, 1.165) is 22.3 Å². The van der Waals surface area contributed by atoms with Crippen LogP contribution in [0.4, 0.5) is 5.69 Å². The Labute approximate surface area is 146 Å². The van der Waals surface area contributed by atoms with Crippen molar-refractivity contribution in [3.8, 4) is 11.5 Å². The fourth-order valence-corrected chi connectivity index (χ4v) is 2.77. The highest BCUT2D eigenvalue weighted by atomic mass is 16.5. The van der Waals surface area contributed by atoms with Crippen LogP contribution in [0.15, 0.2) is 40.8 Å². The highest BCUT2D eigenvalue weighted by molar-refractivity contribution is 6.07. The van der Waals surface area contributed by atoms with Gasteiger partial charge in [-0.3, -0.25) is 4.79 Å². The Hall–Kier alpha value is -2.95. The zero-order valence-corrected chi connectivity index (χ0v) is 14.8. The Morgan fingerprint density at radius 3 is 2.68 bits per heavy atom. The van der Waals surface area contributed by atoms with Crippen molar-refractivity contribution in [1.82, 2.24) is 0 Å². The van der Waals surface area contributed by atoms with Crippen LogP contribution in [-0.4, -0.2) is 19.6 Å². The third kappa shape index (κ3) is 3.31. The van der Waals surface area contributed by atoms with Gasteiger partial charge in [0.05, 0.1) is 19.4 Å². The number of rotatable bonds is 5. The van der Waals surface area contributed by atoms with Gasteiger partial charge in [0.15, 0.2) is 5.76 Å². The summed E-state index contributed by atoms with van der Waals surface area (Å²) in [4.78, 5) is 12.7. The summed E-state index contributed by atoms with van der Waals surface area (Å²) in [7, 11) is 1.57. The van der Waals surface area contributed by atoms with Crippen molar-refractivity contribution >= 4 is 22.6 Å². The second kappa shape index (κ2) is 6.89. The summed E-state index contributed by atoms with van der Waals surface area (Å²) in [6.07, 6.45) is 0. The number of carbonyl (C=O) groups excluding carboxylic acids is 1. The standard InChI is InChI=1S/C20H21NO4/c1-5-24-14-7-9-17-15(11-14)13(3)19(25-17)20(22)21-16-10-12(2)6-8-18(16)23-4/h6-11H,5H2,1-4H3,(H,21,22). The van der Waals surface area contributed by atoms with Crippen molar-refractivity contribution in [3.63, 3.8) is 0 Å². The molecule has 1 N–H and O–H groups in total. The van der Waals surface area contributed by atoms with Crippen LogP contribution in [0.2, 0.25) is 0 Å². The maximum atomic E-state index is 12.7. The fraction of sp³-hybridized carbons (Fsp3) is 0.250. The molecule has 0 spiro atoms. The van der Waals surface area contributed by atoms with Gasteiger partial charge < -0.3 is 19.2 Å². The van der Waals surface area contributed by atoms with Crippen molar-refractivity contribution in [3.05, 3.63) is 53.3 Å². The molecular formula is C20H21NO4. The normalized spacial score (nSPS) is 10.7. The van der Waals surface area contributed by atoms with Gasteiger partial charge in [-0.25, -0.2) is 0 Å². The predicted molar refractivity (Wildman–Crippen MR) is 97.8 cm³/mol. The number of carbonyl (C=O) groups is 1. The number of hydrogen-bond donors (Lipinski definition) is 1. The Bertz CT molecular complexity index is 927. The molecule has 0 saturated carbocycles. The highest BCUT2D eigenvalue weighted by Crippen LogP contribution is 2.31. The Kier molecular flexibility index (Phi) is 4.65. The summed E-state index contributed by atoms with van der Waals surface area (Å²) in [5.74, 6) is 1.33. The van der Waals surface area contributed by atoms with Gasteiger partial charge in [0, 0.05) is 10.9 Å². The molecule has 0 saturated heterocycles. The summed E-state index contributed by atoms with van der Waals surface area (Å²) in [5, 5.41) is 3.74. The smallest absolute Gasteiger partial charge is 0.291 e. The first-order valence-corrected chi connectivity index (χ1v) is 8.15. The van der Waals surface area contributed by atoms with Gasteiger partial charge in [-0.05, 0) is 56.7 Å². The summed E-state index contributed by atoms with van der Waals surface area (Å²) in [6.45, 7) is 6.34. The molecule has 0 aliphatic rings. The van der Waals surface area contributed by atoms with Crippen LogP contribution in [0.1, 0.15) is 28.6 Å². The van der Waals surface area contributed by atoms with Gasteiger partial charge in [-0.2, -0.15) is 0 Å². The average molecular weight is 339 g/mol. The molecule has 1 aromatic heterocycles. The number of nitrogens with one attached hydrogen (secondary N) is 1. The Morgan fingerprint density at radius 1 is 1.16 bits per heavy atom. The number of ether oxygens (including phenoxy) is 2. The van der Waals surface area contributed by atoms with Crippen LogP contribution >= 0.6 is 0 Å². The fourth-order valence-electron chi connectivity index (χ4n) is 2.77. The first-order chi connectivity index (χ1) is 12.0. The van der Waals surface area contributed by atoms with E-state index >= 15 is 0 Å². The molecular weight excluding hydrogens is 318 g/mol. The van der Waals surface area contributed by atoms with Crippen molar-refractivity contribution in [1.29, 1.82) is 0 Å². The lowest BCUT2D eigenvalue weighted by Crippen LogP contribution is -2.13. The van der Waals surface area contributed by atoms with E-state index in [4.69, 9.17) is 13.9 Å². The van der Waals surface area contributed by atoms with E-state index in [1.54, 1.807) is 7.11 Å². The molecule has 0 unspecified atom stereocenters. The lowest BCUT2D eigenvalue weighted by molar-refractivity contribution is 0.0997. The number of methoxy groups -OCH3 is 1. The number of fused-ring (bicyclic) bond motifs is 1. The molecule has 0 radical (unpaired) electrons. The predicted octanol–water partition coefficient (Wildman–Crippen LogP) is 4.71. The van der Waals surface area contributed by atoms with E-state index in [1.807, 2.05) is 57.2 Å². The van der Waals surface area contributed by atoms with Crippen molar-refractivity contribution in [2.24, 2.45) is 0 Å². The van der Waals surface area contributed by atoms with Crippen molar-refractivity contribution in [2.75, 3.05) is 19.0 Å². The van der Waals surface area contributed by atoms with Gasteiger partial charge in [-0.15, -0.1) is 0 Å². The van der Waals surface area contributed by atoms with E-state index in [1.165, 1.54) is 0 Å². The van der Waals surface area contributed by atoms with Crippen LogP contribution in [-0.2, 0) is 0 Å². The lowest BCUT2D eigenvalue weighted by atomic mass is 10.1. The molecule has 2 aromatic carbocycles. The number of furan rings is 1. The van der Waals surface area contributed by atoms with Crippen LogP contribution < -0.4 is 14.8 Å². The molecule has 3 aromatic rings. The molecule has 0 aliphatic heterocycles. The molecule has 25 heavy (non-hydrogen) atoms. The second-order valence-electron chi connectivity index (χ2n) is 5.81. The van der Waals surface area contributed by atoms with Crippen molar-refractivity contribution < 1.29 is 18.7 Å². The zero-order valence-electron chi connectivity index (χ0n) is 14.8. The molecule has 5 heteroatoms. The van der Waals surface area contributed by atoms with Crippen LogP contribution in [0, 0.1) is 13.8 Å².